The summed E-state index contributed by atoms with van der Waals surface area (Å²) in [7, 11) is -3.83. The average Bonchev–Trinajstić information content (AvgIpc) is 3.01. The molecule has 1 N–H and O–H groups in total. The van der Waals surface area contributed by atoms with Crippen LogP contribution in [0, 0.1) is 0 Å². The Morgan fingerprint density at radius 3 is 2.58 bits per heavy atom. The fourth-order valence-electron chi connectivity index (χ4n) is 3.75. The number of aromatic nitrogens is 1. The monoisotopic (exact) mass is 454 g/mol. The van der Waals surface area contributed by atoms with Gasteiger partial charge in [-0.25, -0.2) is 13.1 Å². The predicted octanol–water partition coefficient (Wildman–Crippen LogP) is 3.94. The van der Waals surface area contributed by atoms with Crippen molar-refractivity contribution in [3.05, 3.63) is 88.6 Å². The molecule has 3 aromatic rings. The number of hydrogen-bond donors (Lipinski definition) is 1. The van der Waals surface area contributed by atoms with Crippen molar-refractivity contribution in [1.29, 1.82) is 0 Å². The first-order valence-corrected chi connectivity index (χ1v) is 11.8. The number of benzene rings is 2. The van der Waals surface area contributed by atoms with Gasteiger partial charge in [0.25, 0.3) is 5.91 Å². The molecule has 4 rings (SSSR count). The van der Waals surface area contributed by atoms with Gasteiger partial charge < -0.3 is 4.57 Å². The van der Waals surface area contributed by atoms with E-state index >= 15 is 0 Å². The molecule has 0 aliphatic heterocycles. The minimum Gasteiger partial charge on any atom is -0.331 e. The minimum absolute atomic E-state index is 0.0986. The first-order valence-electron chi connectivity index (χ1n) is 9.53. The van der Waals surface area contributed by atoms with E-state index in [1.54, 1.807) is 41.0 Å². The van der Waals surface area contributed by atoms with Crippen LogP contribution >= 0.6 is 11.6 Å². The predicted molar refractivity (Wildman–Crippen MR) is 122 cm³/mol. The van der Waals surface area contributed by atoms with Crippen LogP contribution in [0.2, 0.25) is 5.02 Å². The highest BCUT2D eigenvalue weighted by Crippen LogP contribution is 2.36. The number of nitrogens with zero attached hydrogens (tertiary/aromatic N) is 1. The van der Waals surface area contributed by atoms with Crippen molar-refractivity contribution < 1.29 is 18.0 Å². The highest BCUT2D eigenvalue weighted by Gasteiger charge is 2.29. The summed E-state index contributed by atoms with van der Waals surface area (Å²) in [6.07, 6.45) is 6.24. The van der Waals surface area contributed by atoms with Gasteiger partial charge in [0.2, 0.25) is 10.0 Å². The Bertz CT molecular complexity index is 1370. The summed E-state index contributed by atoms with van der Waals surface area (Å²) < 4.78 is 27.5. The number of amides is 1. The van der Waals surface area contributed by atoms with E-state index in [9.17, 15) is 18.0 Å². The lowest BCUT2D eigenvalue weighted by Crippen LogP contribution is -2.32. The second kappa shape index (κ2) is 8.17. The quantitative estimate of drug-likeness (QED) is 0.632. The molecule has 8 heteroatoms. The maximum Gasteiger partial charge on any atom is 0.282 e. The first kappa shape index (κ1) is 21.1. The molecule has 0 spiro atoms. The second-order valence-electron chi connectivity index (χ2n) is 7.30. The fraction of sp³-hybridized carbons (Fsp3) is 0.130. The Kier molecular flexibility index (Phi) is 5.56. The fourth-order valence-corrected chi connectivity index (χ4v) is 4.35. The lowest BCUT2D eigenvalue weighted by Gasteiger charge is -2.14. The molecule has 1 aromatic heterocycles. The number of hydrogen-bond acceptors (Lipinski definition) is 4. The number of sulfonamides is 1. The summed E-state index contributed by atoms with van der Waals surface area (Å²) in [6.45, 7) is 0.308. The summed E-state index contributed by atoms with van der Waals surface area (Å²) >= 11 is 6.25. The smallest absolute Gasteiger partial charge is 0.282 e. The van der Waals surface area contributed by atoms with Gasteiger partial charge in [0.1, 0.15) is 5.69 Å². The van der Waals surface area contributed by atoms with Crippen molar-refractivity contribution in [3.8, 4) is 0 Å². The Hall–Kier alpha value is -3.16. The lowest BCUT2D eigenvalue weighted by atomic mass is 9.93. The molecule has 0 unspecified atom stereocenters. The molecular formula is C23H19ClN2O4S. The maximum atomic E-state index is 13.2. The van der Waals surface area contributed by atoms with Crippen LogP contribution in [-0.2, 0) is 21.4 Å². The Balaban J connectivity index is 2.05. The van der Waals surface area contributed by atoms with E-state index in [-0.39, 0.29) is 17.9 Å². The van der Waals surface area contributed by atoms with Crippen LogP contribution in [-0.4, -0.2) is 30.9 Å². The molecule has 158 valence electrons. The topological polar surface area (TPSA) is 85.2 Å². The first-order chi connectivity index (χ1) is 14.7. The van der Waals surface area contributed by atoms with Crippen LogP contribution in [0.4, 0.5) is 0 Å². The number of rotatable bonds is 5. The van der Waals surface area contributed by atoms with Gasteiger partial charge in [0.15, 0.2) is 5.78 Å². The maximum absolute atomic E-state index is 13.2. The van der Waals surface area contributed by atoms with Crippen molar-refractivity contribution in [2.75, 3.05) is 6.26 Å². The molecule has 0 fully saturated rings. The molecule has 2 aromatic carbocycles. The number of allylic oxidation sites excluding steroid dienone is 4. The average molecular weight is 455 g/mol. The van der Waals surface area contributed by atoms with E-state index in [4.69, 9.17) is 11.6 Å². The van der Waals surface area contributed by atoms with Gasteiger partial charge in [0.05, 0.1) is 6.26 Å². The highest BCUT2D eigenvalue weighted by molar-refractivity contribution is 7.89. The zero-order valence-corrected chi connectivity index (χ0v) is 18.2. The number of ketones is 1. The van der Waals surface area contributed by atoms with Gasteiger partial charge in [-0.3, -0.25) is 9.59 Å². The molecule has 0 bridgehead atoms. The van der Waals surface area contributed by atoms with E-state index in [0.29, 0.717) is 33.6 Å². The summed E-state index contributed by atoms with van der Waals surface area (Å²) in [5.41, 5.74) is 2.41. The van der Waals surface area contributed by atoms with E-state index in [0.717, 1.165) is 11.8 Å². The van der Waals surface area contributed by atoms with Crippen LogP contribution in [0.5, 0.6) is 0 Å². The van der Waals surface area contributed by atoms with Gasteiger partial charge >= 0.3 is 0 Å². The van der Waals surface area contributed by atoms with E-state index in [1.807, 2.05) is 30.3 Å². The van der Waals surface area contributed by atoms with Crippen LogP contribution in [0.3, 0.4) is 0 Å². The molecule has 1 aliphatic rings. The highest BCUT2D eigenvalue weighted by atomic mass is 35.5. The van der Waals surface area contributed by atoms with Gasteiger partial charge in [0, 0.05) is 40.0 Å². The zero-order chi connectivity index (χ0) is 22.2. The second-order valence-corrected chi connectivity index (χ2v) is 9.48. The van der Waals surface area contributed by atoms with Gasteiger partial charge in [-0.2, -0.15) is 0 Å². The molecule has 1 heterocycles. The molecule has 1 aliphatic carbocycles. The number of nitrogens with one attached hydrogen (secondary N) is 1. The Labute approximate surface area is 184 Å². The van der Waals surface area contributed by atoms with Crippen molar-refractivity contribution in [1.82, 2.24) is 9.29 Å². The normalized spacial score (nSPS) is 14.0. The van der Waals surface area contributed by atoms with Crippen LogP contribution < -0.4 is 4.72 Å². The van der Waals surface area contributed by atoms with Crippen LogP contribution in [0.15, 0.2) is 66.8 Å². The molecule has 0 saturated heterocycles. The molecule has 0 radical (unpaired) electrons. The summed E-state index contributed by atoms with van der Waals surface area (Å²) in [6, 6.07) is 14.6. The third kappa shape index (κ3) is 4.33. The zero-order valence-electron chi connectivity index (χ0n) is 16.6. The molecular weight excluding hydrogens is 436 g/mol. The molecule has 0 saturated carbocycles. The standard InChI is InChI=1S/C23H19ClN2O4S/c1-31(29,30)25-23(28)22-21(17-9-5-6-10-20(17)27)18-13-16(24)11-12-19(18)26(22)14-15-7-3-2-4-8-15/h2-9,11-13H,10,14H2,1H3,(H,25,28). The van der Waals surface area contributed by atoms with Gasteiger partial charge in [-0.15, -0.1) is 0 Å². The lowest BCUT2D eigenvalue weighted by molar-refractivity contribution is -0.113. The van der Waals surface area contributed by atoms with Crippen molar-refractivity contribution in [2.45, 2.75) is 13.0 Å². The van der Waals surface area contributed by atoms with E-state index in [1.165, 1.54) is 0 Å². The Morgan fingerprint density at radius 1 is 1.16 bits per heavy atom. The van der Waals surface area contributed by atoms with Crippen molar-refractivity contribution >= 4 is 49.8 Å². The number of Topliss-reactive ketones (excluding diaryl/α,β-unsaturated/α-hetero) is 1. The number of halogens is 1. The molecule has 1 amide bonds. The number of carbonyl (C=O) groups is 2. The third-order valence-corrected chi connectivity index (χ3v) is 5.77. The largest absolute Gasteiger partial charge is 0.331 e. The Morgan fingerprint density at radius 2 is 1.90 bits per heavy atom. The molecule has 6 nitrogen and oxygen atoms in total. The minimum atomic E-state index is -3.83. The van der Waals surface area contributed by atoms with Crippen molar-refractivity contribution in [2.24, 2.45) is 0 Å². The van der Waals surface area contributed by atoms with E-state index in [2.05, 4.69) is 4.72 Å². The summed E-state index contributed by atoms with van der Waals surface area (Å²) in [5, 5.41) is 1.05. The van der Waals surface area contributed by atoms with Gasteiger partial charge in [-0.1, -0.05) is 60.2 Å². The van der Waals surface area contributed by atoms with Gasteiger partial charge in [-0.05, 0) is 23.8 Å². The summed E-state index contributed by atoms with van der Waals surface area (Å²) in [4.78, 5) is 25.9. The van der Waals surface area contributed by atoms with Crippen LogP contribution in [0.25, 0.3) is 16.5 Å². The van der Waals surface area contributed by atoms with E-state index < -0.39 is 15.9 Å². The summed E-state index contributed by atoms with van der Waals surface area (Å²) in [5.74, 6) is -0.960. The molecule has 31 heavy (non-hydrogen) atoms. The number of carbonyl (C=O) groups excluding carboxylic acids is 2. The number of fused-ring (bicyclic) bond motifs is 1. The van der Waals surface area contributed by atoms with Crippen LogP contribution in [0.1, 0.15) is 28.0 Å². The van der Waals surface area contributed by atoms with Crippen molar-refractivity contribution in [3.63, 3.8) is 0 Å². The third-order valence-electron chi connectivity index (χ3n) is 4.97. The SMILES string of the molecule is CS(=O)(=O)NC(=O)c1c(C2=CC=CCC2=O)c2cc(Cl)ccc2n1Cc1ccccc1. The molecule has 0 atom stereocenters.